The summed E-state index contributed by atoms with van der Waals surface area (Å²) in [5.41, 5.74) is 0.116. The predicted octanol–water partition coefficient (Wildman–Crippen LogP) is 1.19. The number of hydrogen-bond donors (Lipinski definition) is 1. The van der Waals surface area contributed by atoms with E-state index < -0.39 is 6.16 Å². The number of nitrogens with one attached hydrogen (secondary N) is 1. The van der Waals surface area contributed by atoms with Gasteiger partial charge in [-0.1, -0.05) is 0 Å². The highest BCUT2D eigenvalue weighted by molar-refractivity contribution is 5.59. The maximum atomic E-state index is 10.6. The zero-order chi connectivity index (χ0) is 13.9. The zero-order valence-corrected chi connectivity index (χ0v) is 11.8. The van der Waals surface area contributed by atoms with Gasteiger partial charge in [0.25, 0.3) is 0 Å². The minimum Gasteiger partial charge on any atom is -0.438 e. The lowest BCUT2D eigenvalue weighted by Crippen LogP contribution is -2.38. The molecule has 0 rings (SSSR count). The Morgan fingerprint density at radius 2 is 1.56 bits per heavy atom. The smallest absolute Gasteiger partial charge is 0.438 e. The van der Waals surface area contributed by atoms with Crippen LogP contribution in [0.4, 0.5) is 4.79 Å². The van der Waals surface area contributed by atoms with E-state index in [-0.39, 0.29) is 12.1 Å². The lowest BCUT2D eigenvalue weighted by Gasteiger charge is -2.20. The molecule has 0 aliphatic rings. The lowest BCUT2D eigenvalue weighted by atomic mass is 10.1. The average Bonchev–Trinajstić information content (AvgIpc) is 2.29. The van der Waals surface area contributed by atoms with Crippen molar-refractivity contribution < 1.29 is 23.7 Å². The fourth-order valence-electron chi connectivity index (χ4n) is 1.06. The molecule has 0 heterocycles. The maximum Gasteiger partial charge on any atom is 0.508 e. The third kappa shape index (κ3) is 13.2. The van der Waals surface area contributed by atoms with Crippen molar-refractivity contribution in [3.63, 3.8) is 0 Å². The summed E-state index contributed by atoms with van der Waals surface area (Å²) >= 11 is 0. The van der Waals surface area contributed by atoms with Crippen molar-refractivity contribution >= 4 is 6.16 Å². The van der Waals surface area contributed by atoms with Crippen molar-refractivity contribution in [1.29, 1.82) is 0 Å². The van der Waals surface area contributed by atoms with Crippen molar-refractivity contribution in [2.45, 2.75) is 26.3 Å². The molecule has 0 radical (unpaired) electrons. The van der Waals surface area contributed by atoms with Gasteiger partial charge in [-0.2, -0.15) is 0 Å². The molecule has 18 heavy (non-hydrogen) atoms. The first-order valence-corrected chi connectivity index (χ1v) is 6.07. The van der Waals surface area contributed by atoms with Gasteiger partial charge in [0.15, 0.2) is 0 Å². The van der Waals surface area contributed by atoms with Gasteiger partial charge in [0.2, 0.25) is 0 Å². The summed E-state index contributed by atoms with van der Waals surface area (Å²) in [6.45, 7) is 9.35. The molecule has 0 bridgehead atoms. The molecule has 0 unspecified atom stereocenters. The fourth-order valence-corrected chi connectivity index (χ4v) is 1.06. The molecule has 6 nitrogen and oxygen atoms in total. The highest BCUT2D eigenvalue weighted by Gasteiger charge is 2.06. The Bertz CT molecular complexity index is 215. The lowest BCUT2D eigenvalue weighted by molar-refractivity contribution is 0.0144. The standard InChI is InChI=1S/C12H25NO5/c1-12(2,3)13-5-6-16-7-8-17-9-10-18-11(14)15-4/h13H,5-10H2,1-4H3. The van der Waals surface area contributed by atoms with Crippen LogP contribution >= 0.6 is 0 Å². The Morgan fingerprint density at radius 1 is 1.00 bits per heavy atom. The summed E-state index contributed by atoms with van der Waals surface area (Å²) in [5, 5.41) is 3.31. The van der Waals surface area contributed by atoms with E-state index in [0.29, 0.717) is 26.4 Å². The van der Waals surface area contributed by atoms with Crippen LogP contribution in [0, 0.1) is 0 Å². The Labute approximate surface area is 109 Å². The van der Waals surface area contributed by atoms with Gasteiger partial charge in [0.05, 0.1) is 33.5 Å². The molecule has 108 valence electrons. The monoisotopic (exact) mass is 263 g/mol. The highest BCUT2D eigenvalue weighted by atomic mass is 16.7. The number of methoxy groups -OCH3 is 1. The van der Waals surface area contributed by atoms with E-state index in [0.717, 1.165) is 6.54 Å². The molecule has 1 N–H and O–H groups in total. The van der Waals surface area contributed by atoms with E-state index in [9.17, 15) is 4.79 Å². The normalized spacial score (nSPS) is 11.3. The van der Waals surface area contributed by atoms with Gasteiger partial charge >= 0.3 is 6.16 Å². The van der Waals surface area contributed by atoms with Crippen molar-refractivity contribution in [3.05, 3.63) is 0 Å². The van der Waals surface area contributed by atoms with Crippen LogP contribution in [-0.2, 0) is 18.9 Å². The van der Waals surface area contributed by atoms with Crippen molar-refractivity contribution in [2.24, 2.45) is 0 Å². The second-order valence-electron chi connectivity index (χ2n) is 4.70. The van der Waals surface area contributed by atoms with E-state index >= 15 is 0 Å². The number of carbonyl (C=O) groups excluding carboxylic acids is 1. The maximum absolute atomic E-state index is 10.6. The summed E-state index contributed by atoms with van der Waals surface area (Å²) in [7, 11) is 1.27. The molecular formula is C12H25NO5. The zero-order valence-electron chi connectivity index (χ0n) is 11.8. The molecule has 0 atom stereocenters. The molecule has 0 spiro atoms. The van der Waals surface area contributed by atoms with Gasteiger partial charge < -0.3 is 24.3 Å². The van der Waals surface area contributed by atoms with Gasteiger partial charge in [-0.3, -0.25) is 0 Å². The molecule has 0 aromatic carbocycles. The molecular weight excluding hydrogens is 238 g/mol. The number of hydrogen-bond acceptors (Lipinski definition) is 6. The molecule has 0 aromatic rings. The van der Waals surface area contributed by atoms with E-state index in [1.807, 2.05) is 0 Å². The quantitative estimate of drug-likeness (QED) is 0.498. The minimum atomic E-state index is -0.692. The fraction of sp³-hybridized carbons (Fsp3) is 0.917. The Balaban J connectivity index is 3.10. The Hall–Kier alpha value is -0.850. The molecule has 0 aliphatic carbocycles. The second kappa shape index (κ2) is 10.1. The average molecular weight is 263 g/mol. The largest absolute Gasteiger partial charge is 0.508 e. The van der Waals surface area contributed by atoms with Crippen LogP contribution in [0.2, 0.25) is 0 Å². The van der Waals surface area contributed by atoms with Crippen LogP contribution < -0.4 is 5.32 Å². The van der Waals surface area contributed by atoms with Crippen LogP contribution in [0.15, 0.2) is 0 Å². The van der Waals surface area contributed by atoms with E-state index in [4.69, 9.17) is 9.47 Å². The summed E-state index contributed by atoms with van der Waals surface area (Å²) in [6.07, 6.45) is -0.692. The highest BCUT2D eigenvalue weighted by Crippen LogP contribution is 1.96. The van der Waals surface area contributed by atoms with Gasteiger partial charge in [0, 0.05) is 12.1 Å². The molecule has 0 saturated heterocycles. The minimum absolute atomic E-state index is 0.116. The molecule has 0 saturated carbocycles. The van der Waals surface area contributed by atoms with Crippen LogP contribution in [0.5, 0.6) is 0 Å². The number of ether oxygens (including phenoxy) is 4. The topological polar surface area (TPSA) is 66.0 Å². The van der Waals surface area contributed by atoms with Crippen LogP contribution in [0.25, 0.3) is 0 Å². The number of rotatable bonds is 9. The van der Waals surface area contributed by atoms with E-state index in [2.05, 4.69) is 35.6 Å². The van der Waals surface area contributed by atoms with Gasteiger partial charge in [-0.05, 0) is 20.8 Å². The third-order valence-electron chi connectivity index (χ3n) is 1.89. The van der Waals surface area contributed by atoms with Gasteiger partial charge in [-0.15, -0.1) is 0 Å². The molecule has 0 amide bonds. The van der Waals surface area contributed by atoms with Crippen LogP contribution in [-0.4, -0.2) is 58.4 Å². The molecule has 0 aliphatic heterocycles. The van der Waals surface area contributed by atoms with Gasteiger partial charge in [0.1, 0.15) is 6.61 Å². The van der Waals surface area contributed by atoms with E-state index in [1.54, 1.807) is 0 Å². The second-order valence-corrected chi connectivity index (χ2v) is 4.70. The van der Waals surface area contributed by atoms with Crippen molar-refractivity contribution in [1.82, 2.24) is 5.32 Å². The summed E-state index contributed by atoms with van der Waals surface area (Å²) < 4.78 is 19.5. The summed E-state index contributed by atoms with van der Waals surface area (Å²) in [6, 6.07) is 0. The summed E-state index contributed by atoms with van der Waals surface area (Å²) in [5.74, 6) is 0. The first kappa shape index (κ1) is 17.2. The third-order valence-corrected chi connectivity index (χ3v) is 1.89. The Kier molecular flexibility index (Phi) is 9.63. The number of carbonyl (C=O) groups is 1. The molecule has 6 heteroatoms. The van der Waals surface area contributed by atoms with Crippen LogP contribution in [0.1, 0.15) is 20.8 Å². The Morgan fingerprint density at radius 3 is 2.11 bits per heavy atom. The summed E-state index contributed by atoms with van der Waals surface area (Å²) in [4.78, 5) is 10.6. The molecule has 0 aromatic heterocycles. The van der Waals surface area contributed by atoms with Crippen molar-refractivity contribution in [3.8, 4) is 0 Å². The van der Waals surface area contributed by atoms with Crippen molar-refractivity contribution in [2.75, 3.05) is 46.7 Å². The molecule has 0 fully saturated rings. The first-order valence-electron chi connectivity index (χ1n) is 6.07. The first-order chi connectivity index (χ1) is 8.45. The van der Waals surface area contributed by atoms with Gasteiger partial charge in [-0.25, -0.2) is 4.79 Å². The predicted molar refractivity (Wildman–Crippen MR) is 67.8 cm³/mol. The van der Waals surface area contributed by atoms with Crippen LogP contribution in [0.3, 0.4) is 0 Å². The SMILES string of the molecule is COC(=O)OCCOCCOCCNC(C)(C)C. The van der Waals surface area contributed by atoms with E-state index in [1.165, 1.54) is 7.11 Å².